The molecule has 46 valence electrons. The van der Waals surface area contributed by atoms with Crippen LogP contribution in [0.4, 0.5) is 0 Å². The second-order valence-corrected chi connectivity index (χ2v) is 2.61. The van der Waals surface area contributed by atoms with Gasteiger partial charge in [0.2, 0.25) is 0 Å². The maximum absolute atomic E-state index is 3.73. The van der Waals surface area contributed by atoms with Crippen LogP contribution >= 0.6 is 11.8 Å². The van der Waals surface area contributed by atoms with Crippen LogP contribution in [0.3, 0.4) is 0 Å². The third-order valence-corrected chi connectivity index (χ3v) is 1.19. The Hall–Kier alpha value is -0.170. The van der Waals surface area contributed by atoms with Gasteiger partial charge in [0.05, 0.1) is 0 Å². The van der Waals surface area contributed by atoms with Crippen molar-refractivity contribution >= 4 is 11.8 Å². The summed E-state index contributed by atoms with van der Waals surface area (Å²) in [5.74, 6) is 1.09. The van der Waals surface area contributed by atoms with Gasteiger partial charge in [-0.3, -0.25) is 0 Å². The highest BCUT2D eigenvalue weighted by Crippen LogP contribution is 1.94. The van der Waals surface area contributed by atoms with Gasteiger partial charge in [-0.05, 0) is 13.2 Å². The molecule has 0 unspecified atom stereocenters. The Bertz CT molecular complexity index is 92.6. The molecule has 0 amide bonds. The van der Waals surface area contributed by atoms with Crippen LogP contribution in [0, 0.1) is 0 Å². The standard InChI is InChI=1S/C7H12S/c1-7(2)5-4-6-8-3/h4-5H,1,6H2,2-3H3/b5-4+. The van der Waals surface area contributed by atoms with Gasteiger partial charge in [-0.25, -0.2) is 0 Å². The molecular formula is C7H12S. The molecule has 8 heavy (non-hydrogen) atoms. The Morgan fingerprint density at radius 2 is 2.38 bits per heavy atom. The smallest absolute Gasteiger partial charge is 0.0113 e. The fraction of sp³-hybridized carbons (Fsp3) is 0.429. The lowest BCUT2D eigenvalue weighted by molar-refractivity contribution is 1.54. The molecule has 0 aromatic rings. The van der Waals surface area contributed by atoms with E-state index >= 15 is 0 Å². The zero-order valence-electron chi connectivity index (χ0n) is 5.48. The molecular weight excluding hydrogens is 116 g/mol. The van der Waals surface area contributed by atoms with E-state index in [9.17, 15) is 0 Å². The first kappa shape index (κ1) is 7.83. The summed E-state index contributed by atoms with van der Waals surface area (Å²) in [4.78, 5) is 0. The monoisotopic (exact) mass is 128 g/mol. The number of thioether (sulfide) groups is 1. The highest BCUT2D eigenvalue weighted by Gasteiger charge is 1.72. The molecule has 0 saturated heterocycles. The minimum atomic E-state index is 1.09. The van der Waals surface area contributed by atoms with Crippen molar-refractivity contribution in [3.63, 3.8) is 0 Å². The van der Waals surface area contributed by atoms with Crippen LogP contribution in [-0.2, 0) is 0 Å². The Balaban J connectivity index is 3.20. The Kier molecular flexibility index (Phi) is 4.87. The van der Waals surface area contributed by atoms with Crippen molar-refractivity contribution in [2.75, 3.05) is 12.0 Å². The van der Waals surface area contributed by atoms with Gasteiger partial charge in [0.1, 0.15) is 0 Å². The molecule has 0 aromatic heterocycles. The van der Waals surface area contributed by atoms with E-state index in [1.165, 1.54) is 0 Å². The molecule has 0 aliphatic heterocycles. The number of hydrogen-bond donors (Lipinski definition) is 0. The average Bonchev–Trinajstić information content (AvgIpc) is 1.66. The van der Waals surface area contributed by atoms with E-state index in [2.05, 4.69) is 18.9 Å². The molecule has 0 rings (SSSR count). The van der Waals surface area contributed by atoms with Crippen LogP contribution in [0.25, 0.3) is 0 Å². The minimum absolute atomic E-state index is 1.09. The van der Waals surface area contributed by atoms with Gasteiger partial charge in [-0.1, -0.05) is 24.3 Å². The maximum Gasteiger partial charge on any atom is 0.0113 e. The summed E-state index contributed by atoms with van der Waals surface area (Å²) in [6.07, 6.45) is 6.24. The van der Waals surface area contributed by atoms with Gasteiger partial charge in [0, 0.05) is 5.75 Å². The molecule has 0 saturated carbocycles. The fourth-order valence-electron chi connectivity index (χ4n) is 0.346. The van der Waals surface area contributed by atoms with Crippen molar-refractivity contribution < 1.29 is 0 Å². The van der Waals surface area contributed by atoms with Crippen molar-refractivity contribution in [3.05, 3.63) is 24.3 Å². The second kappa shape index (κ2) is 4.98. The lowest BCUT2D eigenvalue weighted by Gasteiger charge is -1.83. The number of hydrogen-bond acceptors (Lipinski definition) is 1. The maximum atomic E-state index is 3.73. The summed E-state index contributed by atoms with van der Waals surface area (Å²) in [6.45, 7) is 5.73. The predicted molar refractivity (Wildman–Crippen MR) is 42.3 cm³/mol. The van der Waals surface area contributed by atoms with E-state index in [0.717, 1.165) is 11.3 Å². The summed E-state index contributed by atoms with van der Waals surface area (Å²) >= 11 is 1.82. The van der Waals surface area contributed by atoms with E-state index in [-0.39, 0.29) is 0 Å². The highest BCUT2D eigenvalue weighted by atomic mass is 32.2. The number of rotatable bonds is 3. The first-order chi connectivity index (χ1) is 3.77. The minimum Gasteiger partial charge on any atom is -0.161 e. The molecule has 0 aromatic carbocycles. The second-order valence-electron chi connectivity index (χ2n) is 1.70. The van der Waals surface area contributed by atoms with Crippen molar-refractivity contribution in [2.45, 2.75) is 6.92 Å². The molecule has 0 spiro atoms. The van der Waals surface area contributed by atoms with Crippen LogP contribution in [0.2, 0.25) is 0 Å². The molecule has 0 aliphatic carbocycles. The summed E-state index contributed by atoms with van der Waals surface area (Å²) in [5, 5.41) is 0. The van der Waals surface area contributed by atoms with Crippen LogP contribution < -0.4 is 0 Å². The molecule has 0 radical (unpaired) electrons. The van der Waals surface area contributed by atoms with Crippen LogP contribution in [-0.4, -0.2) is 12.0 Å². The van der Waals surface area contributed by atoms with Crippen LogP contribution in [0.15, 0.2) is 24.3 Å². The van der Waals surface area contributed by atoms with Gasteiger partial charge in [0.15, 0.2) is 0 Å². The highest BCUT2D eigenvalue weighted by molar-refractivity contribution is 7.98. The molecule has 0 heterocycles. The summed E-state index contributed by atoms with van der Waals surface area (Å²) in [5.41, 5.74) is 1.12. The Morgan fingerprint density at radius 3 is 2.75 bits per heavy atom. The quantitative estimate of drug-likeness (QED) is 0.526. The summed E-state index contributed by atoms with van der Waals surface area (Å²) < 4.78 is 0. The van der Waals surface area contributed by atoms with Gasteiger partial charge in [0.25, 0.3) is 0 Å². The third-order valence-electron chi connectivity index (χ3n) is 0.665. The van der Waals surface area contributed by atoms with Crippen molar-refractivity contribution in [3.8, 4) is 0 Å². The van der Waals surface area contributed by atoms with Gasteiger partial charge in [-0.2, -0.15) is 11.8 Å². The average molecular weight is 128 g/mol. The third kappa shape index (κ3) is 5.83. The summed E-state index contributed by atoms with van der Waals surface area (Å²) in [7, 11) is 0. The van der Waals surface area contributed by atoms with Crippen molar-refractivity contribution in [2.24, 2.45) is 0 Å². The zero-order chi connectivity index (χ0) is 6.41. The van der Waals surface area contributed by atoms with Gasteiger partial charge >= 0.3 is 0 Å². The van der Waals surface area contributed by atoms with E-state index in [0.29, 0.717) is 0 Å². The van der Waals surface area contributed by atoms with Crippen molar-refractivity contribution in [1.82, 2.24) is 0 Å². The van der Waals surface area contributed by atoms with E-state index in [1.54, 1.807) is 0 Å². The van der Waals surface area contributed by atoms with E-state index in [4.69, 9.17) is 0 Å². The molecule has 0 bridgehead atoms. The lowest BCUT2D eigenvalue weighted by Crippen LogP contribution is -1.66. The SMILES string of the molecule is C=C(C)/C=C/CSC. The predicted octanol–water partition coefficient (Wildman–Crippen LogP) is 2.48. The van der Waals surface area contributed by atoms with Gasteiger partial charge < -0.3 is 0 Å². The van der Waals surface area contributed by atoms with Crippen LogP contribution in [0.1, 0.15) is 6.92 Å². The largest absolute Gasteiger partial charge is 0.161 e. The fourth-order valence-corrected chi connectivity index (χ4v) is 0.634. The zero-order valence-corrected chi connectivity index (χ0v) is 6.29. The molecule has 1 heteroatoms. The molecule has 0 nitrogen and oxygen atoms in total. The van der Waals surface area contributed by atoms with Crippen molar-refractivity contribution in [1.29, 1.82) is 0 Å². The summed E-state index contributed by atoms with van der Waals surface area (Å²) in [6, 6.07) is 0. The Morgan fingerprint density at radius 1 is 1.75 bits per heavy atom. The Labute approximate surface area is 55.7 Å². The molecule has 0 N–H and O–H groups in total. The van der Waals surface area contributed by atoms with Crippen LogP contribution in [0.5, 0.6) is 0 Å². The normalized spacial score (nSPS) is 10.2. The van der Waals surface area contributed by atoms with Gasteiger partial charge in [-0.15, -0.1) is 0 Å². The molecule has 0 atom stereocenters. The molecule has 0 aliphatic rings. The lowest BCUT2D eigenvalue weighted by atomic mass is 10.3. The van der Waals surface area contributed by atoms with E-state index < -0.39 is 0 Å². The first-order valence-corrected chi connectivity index (χ1v) is 3.97. The first-order valence-electron chi connectivity index (χ1n) is 2.58. The molecule has 0 fully saturated rings. The number of allylic oxidation sites excluding steroid dienone is 2. The topological polar surface area (TPSA) is 0 Å². The van der Waals surface area contributed by atoms with E-state index in [1.807, 2.05) is 24.8 Å².